The first kappa shape index (κ1) is 19.7. The molecule has 0 bridgehead atoms. The highest BCUT2D eigenvalue weighted by Crippen LogP contribution is 2.54. The monoisotopic (exact) mass is 444 g/mol. The van der Waals surface area contributed by atoms with Gasteiger partial charge >= 0.3 is 11.7 Å². The largest absolute Gasteiger partial charge is 0.494 e. The number of barbiturate groups is 1. The van der Waals surface area contributed by atoms with Crippen LogP contribution in [0.25, 0.3) is 0 Å². The average Bonchev–Trinajstić information content (AvgIpc) is 3.17. The van der Waals surface area contributed by atoms with Crippen LogP contribution in [0.4, 0.5) is 4.79 Å². The second kappa shape index (κ2) is 6.60. The number of nitrogens with one attached hydrogen (secondary N) is 4. The summed E-state index contributed by atoms with van der Waals surface area (Å²) in [5.41, 5.74) is -3.28. The lowest BCUT2D eigenvalue weighted by Crippen LogP contribution is -2.66. The van der Waals surface area contributed by atoms with Crippen molar-refractivity contribution in [2.24, 2.45) is 5.41 Å². The Balaban J connectivity index is 1.79. The Labute approximate surface area is 177 Å². The van der Waals surface area contributed by atoms with E-state index in [-0.39, 0.29) is 30.9 Å². The fraction of sp³-hybridized carbons (Fsp3) is 0.316. The van der Waals surface area contributed by atoms with E-state index >= 15 is 0 Å². The second-order valence-electron chi connectivity index (χ2n) is 7.59. The lowest BCUT2D eigenvalue weighted by atomic mass is 9.60. The number of urea groups is 1. The van der Waals surface area contributed by atoms with Crippen LogP contribution in [0, 0.1) is 5.41 Å². The normalized spacial score (nSPS) is 20.5. The summed E-state index contributed by atoms with van der Waals surface area (Å²) in [4.78, 5) is 66.4. The molecule has 13 nitrogen and oxygen atoms in total. The van der Waals surface area contributed by atoms with Crippen LogP contribution in [0.15, 0.2) is 15.7 Å². The van der Waals surface area contributed by atoms with Gasteiger partial charge in [-0.3, -0.25) is 35.0 Å². The van der Waals surface area contributed by atoms with Crippen molar-refractivity contribution in [2.75, 3.05) is 13.9 Å². The Morgan fingerprint density at radius 2 is 1.81 bits per heavy atom. The quantitative estimate of drug-likeness (QED) is 0.352. The number of benzene rings is 1. The molecule has 1 aromatic heterocycles. The van der Waals surface area contributed by atoms with Gasteiger partial charge in [-0.25, -0.2) is 9.59 Å². The molecular weight excluding hydrogens is 428 g/mol. The standard InChI is InChI=1S/C19H16N4O9/c1-30-11-7-4-19(15(26)22-18(29)23-16(19)27)8(10-13(24)20-17(28)21-14(10)25)2-6(7)3-9-12(11)32-5-31-9/h3,8H,2,4-5H2,1H3,(H3,20,21,24,25,28)(H2,22,23,26,27,29)/t8-/m1/s1. The van der Waals surface area contributed by atoms with Crippen molar-refractivity contribution in [2.45, 2.75) is 18.8 Å². The number of hydrogen-bond donors (Lipinski definition) is 5. The predicted octanol–water partition coefficient (Wildman–Crippen LogP) is -1.26. The minimum Gasteiger partial charge on any atom is -0.494 e. The van der Waals surface area contributed by atoms with E-state index in [1.807, 2.05) is 4.98 Å². The summed E-state index contributed by atoms with van der Waals surface area (Å²) in [6.45, 7) is -0.0565. The van der Waals surface area contributed by atoms with Gasteiger partial charge in [-0.05, 0) is 18.1 Å². The molecular formula is C19H16N4O9. The number of ether oxygens (including phenoxy) is 3. The van der Waals surface area contributed by atoms with E-state index in [1.54, 1.807) is 6.07 Å². The van der Waals surface area contributed by atoms with Crippen molar-refractivity contribution < 1.29 is 33.7 Å². The Hall–Kier alpha value is -4.29. The number of hydrogen-bond acceptors (Lipinski definition) is 9. The van der Waals surface area contributed by atoms with Crippen molar-refractivity contribution in [1.29, 1.82) is 0 Å². The van der Waals surface area contributed by atoms with Crippen LogP contribution < -0.4 is 36.1 Å². The van der Waals surface area contributed by atoms with E-state index in [0.29, 0.717) is 22.6 Å². The summed E-state index contributed by atoms with van der Waals surface area (Å²) >= 11 is 0. The minimum absolute atomic E-state index is 0.0565. The average molecular weight is 444 g/mol. The molecule has 0 radical (unpaired) electrons. The SMILES string of the molecule is COc1c2c(cc3c1OCO3)C[C@H](c1c(O)[nH]c(=O)[nH]c1=O)C1(C2)C(=O)NC(=O)NC1=O. The molecule has 1 spiro atoms. The van der Waals surface area contributed by atoms with E-state index in [4.69, 9.17) is 14.2 Å². The summed E-state index contributed by atoms with van der Waals surface area (Å²) in [5, 5.41) is 14.5. The van der Waals surface area contributed by atoms with Crippen LogP contribution in [0.3, 0.4) is 0 Å². The fourth-order valence-corrected chi connectivity index (χ4v) is 4.69. The number of fused-ring (bicyclic) bond motifs is 2. The van der Waals surface area contributed by atoms with Gasteiger partial charge in [0.05, 0.1) is 12.7 Å². The zero-order valence-electron chi connectivity index (χ0n) is 16.5. The first-order valence-corrected chi connectivity index (χ1v) is 9.47. The van der Waals surface area contributed by atoms with Gasteiger partial charge in [0.15, 0.2) is 11.5 Å². The van der Waals surface area contributed by atoms with Crippen LogP contribution in [0.1, 0.15) is 22.6 Å². The molecule has 2 aliphatic heterocycles. The summed E-state index contributed by atoms with van der Waals surface area (Å²) in [5.74, 6) is -2.99. The summed E-state index contributed by atoms with van der Waals surface area (Å²) in [6, 6.07) is 0.633. The Bertz CT molecular complexity index is 1310. The fourth-order valence-electron chi connectivity index (χ4n) is 4.69. The van der Waals surface area contributed by atoms with Crippen LogP contribution >= 0.6 is 0 Å². The highest BCUT2D eigenvalue weighted by Gasteiger charge is 2.60. The molecule has 1 aromatic carbocycles. The Morgan fingerprint density at radius 3 is 2.47 bits per heavy atom. The molecule has 13 heteroatoms. The lowest BCUT2D eigenvalue weighted by Gasteiger charge is -2.43. The van der Waals surface area contributed by atoms with Gasteiger partial charge < -0.3 is 19.3 Å². The van der Waals surface area contributed by atoms with Gasteiger partial charge in [-0.1, -0.05) is 0 Å². The second-order valence-corrected chi connectivity index (χ2v) is 7.59. The van der Waals surface area contributed by atoms with Gasteiger partial charge in [0, 0.05) is 17.9 Å². The van der Waals surface area contributed by atoms with Gasteiger partial charge in [0.25, 0.3) is 5.56 Å². The third-order valence-corrected chi connectivity index (χ3v) is 6.07. The highest BCUT2D eigenvalue weighted by atomic mass is 16.7. The number of carbonyl (C=O) groups excluding carboxylic acids is 3. The molecule has 5 N–H and O–H groups in total. The molecule has 0 saturated carbocycles. The maximum absolute atomic E-state index is 13.2. The van der Waals surface area contributed by atoms with Crippen molar-refractivity contribution >= 4 is 17.8 Å². The number of carbonyl (C=O) groups is 3. The zero-order valence-corrected chi connectivity index (χ0v) is 16.5. The predicted molar refractivity (Wildman–Crippen MR) is 103 cm³/mol. The molecule has 4 amide bonds. The third-order valence-electron chi connectivity index (χ3n) is 6.07. The third kappa shape index (κ3) is 2.53. The minimum atomic E-state index is -2.01. The topological polar surface area (TPSA) is 189 Å². The van der Waals surface area contributed by atoms with Gasteiger partial charge in [-0.2, -0.15) is 0 Å². The van der Waals surface area contributed by atoms with Crippen molar-refractivity contribution in [3.8, 4) is 23.1 Å². The molecule has 5 rings (SSSR count). The molecule has 166 valence electrons. The lowest BCUT2D eigenvalue weighted by molar-refractivity contribution is -0.146. The van der Waals surface area contributed by atoms with Gasteiger partial charge in [0.2, 0.25) is 30.2 Å². The smallest absolute Gasteiger partial charge is 0.328 e. The number of rotatable bonds is 2. The van der Waals surface area contributed by atoms with Gasteiger partial charge in [0.1, 0.15) is 5.41 Å². The van der Waals surface area contributed by atoms with Crippen molar-refractivity contribution in [3.05, 3.63) is 43.6 Å². The molecule has 3 aliphatic rings. The molecule has 32 heavy (non-hydrogen) atoms. The number of aromatic amines is 2. The number of H-pyrrole nitrogens is 2. The molecule has 2 aromatic rings. The van der Waals surface area contributed by atoms with Crippen LogP contribution in [-0.4, -0.2) is 46.8 Å². The molecule has 1 saturated heterocycles. The van der Waals surface area contributed by atoms with E-state index in [1.165, 1.54) is 7.11 Å². The van der Waals surface area contributed by atoms with Crippen LogP contribution in [0.5, 0.6) is 23.1 Å². The number of imide groups is 2. The molecule has 0 unspecified atom stereocenters. The number of amides is 4. The Kier molecular flexibility index (Phi) is 4.06. The number of methoxy groups -OCH3 is 1. The maximum Gasteiger partial charge on any atom is 0.328 e. The van der Waals surface area contributed by atoms with Crippen LogP contribution in [0.2, 0.25) is 0 Å². The van der Waals surface area contributed by atoms with E-state index < -0.39 is 46.3 Å². The Morgan fingerprint density at radius 1 is 1.09 bits per heavy atom. The van der Waals surface area contributed by atoms with E-state index in [2.05, 4.69) is 15.6 Å². The number of aromatic nitrogens is 2. The van der Waals surface area contributed by atoms with Crippen LogP contribution in [-0.2, 0) is 22.4 Å². The molecule has 1 atom stereocenters. The highest BCUT2D eigenvalue weighted by molar-refractivity contribution is 6.20. The molecule has 1 aliphatic carbocycles. The first-order chi connectivity index (χ1) is 15.3. The van der Waals surface area contributed by atoms with Gasteiger partial charge in [-0.15, -0.1) is 0 Å². The summed E-state index contributed by atoms with van der Waals surface area (Å²) in [7, 11) is 1.39. The van der Waals surface area contributed by atoms with E-state index in [0.717, 1.165) is 0 Å². The summed E-state index contributed by atoms with van der Waals surface area (Å²) in [6.07, 6.45) is -0.379. The maximum atomic E-state index is 13.2. The van der Waals surface area contributed by atoms with E-state index in [9.17, 15) is 29.1 Å². The first-order valence-electron chi connectivity index (χ1n) is 9.47. The zero-order chi connectivity index (χ0) is 22.8. The molecule has 1 fully saturated rings. The summed E-state index contributed by atoms with van der Waals surface area (Å²) < 4.78 is 16.4. The number of aromatic hydroxyl groups is 1. The van der Waals surface area contributed by atoms with Crippen molar-refractivity contribution in [3.63, 3.8) is 0 Å². The van der Waals surface area contributed by atoms with Crippen molar-refractivity contribution in [1.82, 2.24) is 20.6 Å². The molecule has 3 heterocycles.